The molecule has 2 heterocycles. The van der Waals surface area contributed by atoms with Gasteiger partial charge in [0.25, 0.3) is 0 Å². The standard InChI is InChI=1S/C19H21F3N6O.HI/c1-23-18(24-10-8-13-4-6-14(7-5-13)19(20,21)22)25-11-9-16-26-17(28-27-16)15-3-2-12-29-15;/h2-7,12H,8-11H2,1H3,(H2,23,24,25)(H,26,27,28);1H. The molecule has 3 N–H and O–H groups in total. The van der Waals surface area contributed by atoms with Gasteiger partial charge in [0.15, 0.2) is 11.7 Å². The normalized spacial score (nSPS) is 11.8. The molecule has 0 saturated heterocycles. The van der Waals surface area contributed by atoms with Crippen molar-refractivity contribution in [2.24, 2.45) is 4.99 Å². The SMILES string of the molecule is CN=C(NCCc1ccc(C(F)(F)F)cc1)NCCc1nc(-c2ccco2)n[nH]1.I. The molecule has 7 nitrogen and oxygen atoms in total. The van der Waals surface area contributed by atoms with E-state index >= 15 is 0 Å². The number of aromatic nitrogens is 3. The van der Waals surface area contributed by atoms with E-state index in [9.17, 15) is 13.2 Å². The number of alkyl halides is 3. The van der Waals surface area contributed by atoms with Crippen LogP contribution in [0, 0.1) is 0 Å². The summed E-state index contributed by atoms with van der Waals surface area (Å²) in [6, 6.07) is 8.72. The second-order valence-corrected chi connectivity index (χ2v) is 6.20. The second-order valence-electron chi connectivity index (χ2n) is 6.20. The first-order chi connectivity index (χ1) is 14.0. The van der Waals surface area contributed by atoms with Crippen molar-refractivity contribution >= 4 is 29.9 Å². The van der Waals surface area contributed by atoms with Gasteiger partial charge < -0.3 is 15.1 Å². The first kappa shape index (κ1) is 23.7. The Morgan fingerprint density at radius 1 is 1.10 bits per heavy atom. The van der Waals surface area contributed by atoms with Crippen molar-refractivity contribution in [1.29, 1.82) is 0 Å². The van der Waals surface area contributed by atoms with Crippen LogP contribution in [0.5, 0.6) is 0 Å². The van der Waals surface area contributed by atoms with Crippen molar-refractivity contribution in [2.45, 2.75) is 19.0 Å². The summed E-state index contributed by atoms with van der Waals surface area (Å²) in [5, 5.41) is 13.3. The Bertz CT molecular complexity index is 923. The van der Waals surface area contributed by atoms with Crippen LogP contribution < -0.4 is 10.6 Å². The fraction of sp³-hybridized carbons (Fsp3) is 0.316. The van der Waals surface area contributed by atoms with Gasteiger partial charge in [0.1, 0.15) is 5.82 Å². The quantitative estimate of drug-likeness (QED) is 0.245. The number of H-pyrrole nitrogens is 1. The summed E-state index contributed by atoms with van der Waals surface area (Å²) in [4.78, 5) is 8.49. The molecule has 0 aliphatic heterocycles. The van der Waals surface area contributed by atoms with Crippen molar-refractivity contribution in [1.82, 2.24) is 25.8 Å². The second kappa shape index (κ2) is 11.0. The molecule has 0 radical (unpaired) electrons. The summed E-state index contributed by atoms with van der Waals surface area (Å²) >= 11 is 0. The molecule has 0 spiro atoms. The Labute approximate surface area is 188 Å². The number of halogens is 4. The summed E-state index contributed by atoms with van der Waals surface area (Å²) in [5.41, 5.74) is 0.169. The average molecular weight is 534 g/mol. The lowest BCUT2D eigenvalue weighted by atomic mass is 10.1. The van der Waals surface area contributed by atoms with Crippen molar-refractivity contribution in [2.75, 3.05) is 20.1 Å². The number of furan rings is 1. The molecule has 0 bridgehead atoms. The van der Waals surface area contributed by atoms with Crippen LogP contribution in [0.3, 0.4) is 0 Å². The van der Waals surface area contributed by atoms with E-state index in [1.54, 1.807) is 25.4 Å². The molecule has 3 rings (SSSR count). The van der Waals surface area contributed by atoms with E-state index in [0.29, 0.717) is 49.3 Å². The van der Waals surface area contributed by atoms with Crippen LogP contribution in [0.2, 0.25) is 0 Å². The Hall–Kier alpha value is -2.57. The smallest absolute Gasteiger partial charge is 0.416 e. The van der Waals surface area contributed by atoms with Gasteiger partial charge in [0.05, 0.1) is 11.8 Å². The molecule has 162 valence electrons. The van der Waals surface area contributed by atoms with E-state index in [1.165, 1.54) is 12.1 Å². The third kappa shape index (κ3) is 6.75. The number of nitrogens with zero attached hydrogens (tertiary/aromatic N) is 3. The summed E-state index contributed by atoms with van der Waals surface area (Å²) < 4.78 is 43.0. The predicted molar refractivity (Wildman–Crippen MR) is 118 cm³/mol. The molecule has 11 heteroatoms. The molecule has 0 saturated carbocycles. The number of guanidine groups is 1. The Morgan fingerprint density at radius 2 is 1.80 bits per heavy atom. The topological polar surface area (TPSA) is 91.1 Å². The van der Waals surface area contributed by atoms with Crippen molar-refractivity contribution in [3.8, 4) is 11.6 Å². The number of hydrogen-bond acceptors (Lipinski definition) is 4. The van der Waals surface area contributed by atoms with E-state index in [4.69, 9.17) is 4.42 Å². The van der Waals surface area contributed by atoms with Crippen LogP contribution in [0.1, 0.15) is 17.0 Å². The Morgan fingerprint density at radius 3 is 2.40 bits per heavy atom. The number of nitrogens with one attached hydrogen (secondary N) is 3. The van der Waals surface area contributed by atoms with Crippen molar-refractivity contribution < 1.29 is 17.6 Å². The van der Waals surface area contributed by atoms with Gasteiger partial charge in [-0.05, 0) is 36.2 Å². The third-order valence-corrected chi connectivity index (χ3v) is 4.14. The maximum Gasteiger partial charge on any atom is 0.416 e. The number of rotatable bonds is 7. The van der Waals surface area contributed by atoms with Gasteiger partial charge in [-0.25, -0.2) is 4.98 Å². The fourth-order valence-electron chi connectivity index (χ4n) is 2.63. The summed E-state index contributed by atoms with van der Waals surface area (Å²) in [6.45, 7) is 1.11. The highest BCUT2D eigenvalue weighted by molar-refractivity contribution is 14.0. The number of aromatic amines is 1. The minimum absolute atomic E-state index is 0. The highest BCUT2D eigenvalue weighted by Gasteiger charge is 2.29. The van der Waals surface area contributed by atoms with Gasteiger partial charge >= 0.3 is 6.18 Å². The summed E-state index contributed by atoms with van der Waals surface area (Å²) in [7, 11) is 1.65. The molecule has 0 atom stereocenters. The lowest BCUT2D eigenvalue weighted by Gasteiger charge is -2.12. The molecule has 30 heavy (non-hydrogen) atoms. The largest absolute Gasteiger partial charge is 0.461 e. The zero-order chi connectivity index (χ0) is 20.7. The first-order valence-corrected chi connectivity index (χ1v) is 9.01. The molecule has 3 aromatic rings. The lowest BCUT2D eigenvalue weighted by Crippen LogP contribution is -2.39. The molecule has 2 aromatic heterocycles. The third-order valence-electron chi connectivity index (χ3n) is 4.14. The van der Waals surface area contributed by atoms with Crippen LogP contribution in [0.15, 0.2) is 52.1 Å². The van der Waals surface area contributed by atoms with Crippen molar-refractivity contribution in [3.63, 3.8) is 0 Å². The first-order valence-electron chi connectivity index (χ1n) is 9.01. The highest BCUT2D eigenvalue weighted by atomic mass is 127. The zero-order valence-electron chi connectivity index (χ0n) is 16.2. The molecule has 0 fully saturated rings. The monoisotopic (exact) mass is 534 g/mol. The van der Waals surface area contributed by atoms with Gasteiger partial charge in [-0.2, -0.15) is 18.3 Å². The minimum Gasteiger partial charge on any atom is -0.461 e. The van der Waals surface area contributed by atoms with Gasteiger partial charge in [0, 0.05) is 26.6 Å². The number of aliphatic imine (C=N–C) groups is 1. The van der Waals surface area contributed by atoms with E-state index in [0.717, 1.165) is 17.7 Å². The highest BCUT2D eigenvalue weighted by Crippen LogP contribution is 2.29. The van der Waals surface area contributed by atoms with Crippen LogP contribution in [-0.4, -0.2) is 41.3 Å². The van der Waals surface area contributed by atoms with Crippen LogP contribution in [0.4, 0.5) is 13.2 Å². The molecular formula is C19H22F3IN6O. The van der Waals surface area contributed by atoms with E-state index in [-0.39, 0.29) is 24.0 Å². The molecule has 0 unspecified atom stereocenters. The zero-order valence-corrected chi connectivity index (χ0v) is 18.5. The number of benzene rings is 1. The summed E-state index contributed by atoms with van der Waals surface area (Å²) in [5.74, 6) is 2.41. The maximum atomic E-state index is 12.6. The lowest BCUT2D eigenvalue weighted by molar-refractivity contribution is -0.137. The van der Waals surface area contributed by atoms with E-state index < -0.39 is 11.7 Å². The van der Waals surface area contributed by atoms with E-state index in [2.05, 4.69) is 30.8 Å². The Balaban J connectivity index is 0.00000320. The van der Waals surface area contributed by atoms with Gasteiger partial charge in [-0.3, -0.25) is 10.1 Å². The average Bonchev–Trinajstić information content (AvgIpc) is 3.38. The van der Waals surface area contributed by atoms with Crippen LogP contribution >= 0.6 is 24.0 Å². The fourth-order valence-corrected chi connectivity index (χ4v) is 2.63. The van der Waals surface area contributed by atoms with Gasteiger partial charge in [-0.15, -0.1) is 24.0 Å². The molecule has 0 aliphatic carbocycles. The number of hydrogen-bond donors (Lipinski definition) is 3. The molecule has 0 aliphatic rings. The van der Waals surface area contributed by atoms with Crippen LogP contribution in [-0.2, 0) is 19.0 Å². The van der Waals surface area contributed by atoms with Crippen molar-refractivity contribution in [3.05, 3.63) is 59.6 Å². The molecule has 0 amide bonds. The molecule has 1 aromatic carbocycles. The van der Waals surface area contributed by atoms with Gasteiger partial charge in [0.2, 0.25) is 5.82 Å². The van der Waals surface area contributed by atoms with Gasteiger partial charge in [-0.1, -0.05) is 12.1 Å². The predicted octanol–water partition coefficient (Wildman–Crippen LogP) is 3.65. The van der Waals surface area contributed by atoms with E-state index in [1.807, 2.05) is 0 Å². The minimum atomic E-state index is -4.31. The summed E-state index contributed by atoms with van der Waals surface area (Å²) in [6.07, 6.45) is -1.57. The van der Waals surface area contributed by atoms with Crippen LogP contribution in [0.25, 0.3) is 11.6 Å². The maximum absolute atomic E-state index is 12.6. The molecular weight excluding hydrogens is 512 g/mol. The Kier molecular flexibility index (Phi) is 8.69.